The Hall–Kier alpha value is -1.61. The fourth-order valence-corrected chi connectivity index (χ4v) is 3.85. The van der Waals surface area contributed by atoms with Crippen LogP contribution in [0.5, 0.6) is 0 Å². The van der Waals surface area contributed by atoms with Crippen LogP contribution in [0.25, 0.3) is 11.4 Å². The number of hydrogen-bond acceptors (Lipinski definition) is 1. The third-order valence-corrected chi connectivity index (χ3v) is 5.63. The van der Waals surface area contributed by atoms with Crippen LogP contribution < -0.4 is 4.57 Å². The summed E-state index contributed by atoms with van der Waals surface area (Å²) in [6, 6.07) is 10.7. The monoisotopic (exact) mass is 399 g/mol. The van der Waals surface area contributed by atoms with Gasteiger partial charge in [0, 0.05) is 0 Å². The van der Waals surface area contributed by atoms with Gasteiger partial charge in [-0.3, -0.25) is 0 Å². The van der Waals surface area contributed by atoms with E-state index in [0.29, 0.717) is 6.73 Å². The first-order chi connectivity index (χ1) is 14.4. The van der Waals surface area contributed by atoms with Gasteiger partial charge in [-0.05, 0) is 31.4 Å². The van der Waals surface area contributed by atoms with E-state index in [1.165, 1.54) is 82.0 Å². The Morgan fingerprint density at radius 1 is 0.759 bits per heavy atom. The first-order valence-electron chi connectivity index (χ1n) is 12.1. The lowest BCUT2D eigenvalue weighted by Gasteiger charge is -2.07. The van der Waals surface area contributed by atoms with E-state index in [0.717, 1.165) is 19.6 Å². The van der Waals surface area contributed by atoms with Crippen LogP contribution in [-0.4, -0.2) is 11.2 Å². The Morgan fingerprint density at radius 2 is 1.38 bits per heavy atom. The van der Waals surface area contributed by atoms with Crippen LogP contribution in [-0.2, 0) is 18.0 Å². The fourth-order valence-electron chi connectivity index (χ4n) is 3.85. The second-order valence-corrected chi connectivity index (χ2v) is 8.22. The van der Waals surface area contributed by atoms with Crippen LogP contribution in [0.3, 0.4) is 0 Å². The van der Waals surface area contributed by atoms with Crippen molar-refractivity contribution >= 4 is 0 Å². The number of hydrogen-bond donors (Lipinski definition) is 0. The van der Waals surface area contributed by atoms with Gasteiger partial charge in [0.15, 0.2) is 6.73 Å². The molecule has 1 aromatic carbocycles. The van der Waals surface area contributed by atoms with Crippen molar-refractivity contribution < 1.29 is 9.30 Å². The van der Waals surface area contributed by atoms with Crippen LogP contribution in [0.15, 0.2) is 42.7 Å². The largest absolute Gasteiger partial charge is 0.342 e. The molecule has 29 heavy (non-hydrogen) atoms. The van der Waals surface area contributed by atoms with Gasteiger partial charge in [0.1, 0.15) is 12.4 Å². The fraction of sp³-hybridized carbons (Fsp3) is 0.654. The van der Waals surface area contributed by atoms with Crippen LogP contribution in [0.2, 0.25) is 0 Å². The molecular formula is C26H43N2O+. The Kier molecular flexibility index (Phi) is 12.5. The van der Waals surface area contributed by atoms with Gasteiger partial charge in [0.05, 0.1) is 18.7 Å². The third kappa shape index (κ3) is 9.16. The Balaban J connectivity index is 1.78. The first-order valence-corrected chi connectivity index (χ1v) is 12.1. The molecule has 2 aromatic rings. The van der Waals surface area contributed by atoms with Crippen molar-refractivity contribution in [1.29, 1.82) is 0 Å². The average molecular weight is 400 g/mol. The van der Waals surface area contributed by atoms with E-state index in [2.05, 4.69) is 65.7 Å². The molecule has 0 atom stereocenters. The number of aromatic nitrogens is 2. The van der Waals surface area contributed by atoms with Crippen molar-refractivity contribution in [2.45, 2.75) is 104 Å². The molecule has 0 N–H and O–H groups in total. The van der Waals surface area contributed by atoms with Gasteiger partial charge in [-0.15, -0.1) is 0 Å². The zero-order chi connectivity index (χ0) is 20.6. The van der Waals surface area contributed by atoms with E-state index >= 15 is 0 Å². The maximum atomic E-state index is 5.89. The van der Waals surface area contributed by atoms with Crippen molar-refractivity contribution in [3.05, 3.63) is 42.7 Å². The molecule has 0 spiro atoms. The molecule has 0 fully saturated rings. The highest BCUT2D eigenvalue weighted by Crippen LogP contribution is 2.17. The highest BCUT2D eigenvalue weighted by molar-refractivity contribution is 5.52. The first kappa shape index (κ1) is 23.7. The maximum Gasteiger partial charge on any atom is 0.290 e. The zero-order valence-electron chi connectivity index (χ0n) is 19.0. The van der Waals surface area contributed by atoms with E-state index in [4.69, 9.17) is 4.74 Å². The summed E-state index contributed by atoms with van der Waals surface area (Å²) in [6.07, 6.45) is 20.5. The molecule has 0 aliphatic carbocycles. The van der Waals surface area contributed by atoms with Crippen molar-refractivity contribution in [1.82, 2.24) is 4.57 Å². The molecule has 162 valence electrons. The summed E-state index contributed by atoms with van der Waals surface area (Å²) in [5.41, 5.74) is 1.27. The van der Waals surface area contributed by atoms with Gasteiger partial charge in [-0.1, -0.05) is 89.8 Å². The van der Waals surface area contributed by atoms with Crippen molar-refractivity contribution in [3.63, 3.8) is 0 Å². The molecule has 1 heterocycles. The van der Waals surface area contributed by atoms with E-state index in [9.17, 15) is 0 Å². The molecule has 1 aromatic heterocycles. The smallest absolute Gasteiger partial charge is 0.290 e. The predicted octanol–water partition coefficient (Wildman–Crippen LogP) is 7.14. The highest BCUT2D eigenvalue weighted by atomic mass is 16.5. The van der Waals surface area contributed by atoms with Crippen molar-refractivity contribution in [2.24, 2.45) is 0 Å². The van der Waals surface area contributed by atoms with Gasteiger partial charge >= 0.3 is 0 Å². The Bertz CT molecular complexity index is 635. The van der Waals surface area contributed by atoms with Crippen LogP contribution in [0.4, 0.5) is 0 Å². The minimum absolute atomic E-state index is 0.634. The molecule has 0 unspecified atom stereocenters. The second-order valence-electron chi connectivity index (χ2n) is 8.22. The molecule has 0 saturated carbocycles. The average Bonchev–Trinajstić information content (AvgIpc) is 3.16. The van der Waals surface area contributed by atoms with Crippen LogP contribution in [0, 0.1) is 0 Å². The molecule has 0 amide bonds. The molecule has 0 aliphatic rings. The van der Waals surface area contributed by atoms with Crippen molar-refractivity contribution in [3.8, 4) is 11.4 Å². The highest BCUT2D eigenvalue weighted by Gasteiger charge is 2.19. The lowest BCUT2D eigenvalue weighted by Crippen LogP contribution is -2.36. The predicted molar refractivity (Wildman–Crippen MR) is 123 cm³/mol. The lowest BCUT2D eigenvalue weighted by molar-refractivity contribution is -0.722. The summed E-state index contributed by atoms with van der Waals surface area (Å²) < 4.78 is 10.5. The van der Waals surface area contributed by atoms with Gasteiger partial charge in [-0.2, -0.15) is 0 Å². The summed E-state index contributed by atoms with van der Waals surface area (Å²) in [6.45, 7) is 7.04. The maximum absolute atomic E-state index is 5.89. The minimum Gasteiger partial charge on any atom is -0.342 e. The summed E-state index contributed by atoms with van der Waals surface area (Å²) in [7, 11) is 0. The summed E-state index contributed by atoms with van der Waals surface area (Å²) >= 11 is 0. The molecule has 2 rings (SSSR count). The van der Waals surface area contributed by atoms with Crippen molar-refractivity contribution in [2.75, 3.05) is 6.61 Å². The van der Waals surface area contributed by atoms with Gasteiger partial charge in [-0.25, -0.2) is 9.13 Å². The normalized spacial score (nSPS) is 11.2. The van der Waals surface area contributed by atoms with Crippen LogP contribution >= 0.6 is 0 Å². The van der Waals surface area contributed by atoms with Gasteiger partial charge < -0.3 is 4.74 Å². The number of rotatable bonds is 17. The molecule has 3 nitrogen and oxygen atoms in total. The number of nitrogens with zero attached hydrogens (tertiary/aromatic N) is 2. The van der Waals surface area contributed by atoms with E-state index < -0.39 is 0 Å². The standard InChI is InChI=1S/C26H43N2O/c1-3-5-7-8-9-10-11-12-13-17-20-27-21-22-28(24-29-23-6-4-2)26(27)25-18-15-14-16-19-25/h14-16,18-19,21-22H,3-13,17,20,23-24H2,1-2H3/q+1. The Morgan fingerprint density at radius 3 is 2.03 bits per heavy atom. The number of aryl methyl sites for hydroxylation is 1. The number of unbranched alkanes of at least 4 members (excludes halogenated alkanes) is 10. The molecule has 3 heteroatoms. The summed E-state index contributed by atoms with van der Waals surface area (Å²) in [5.74, 6) is 1.26. The minimum atomic E-state index is 0.634. The molecular weight excluding hydrogens is 356 g/mol. The SMILES string of the molecule is CCCCCCCCCCCCn1cc[n+](COCCCC)c1-c1ccccc1. The molecule has 0 bridgehead atoms. The van der Waals surface area contributed by atoms with Crippen LogP contribution in [0.1, 0.15) is 90.9 Å². The number of imidazole rings is 1. The van der Waals surface area contributed by atoms with E-state index in [-0.39, 0.29) is 0 Å². The third-order valence-electron chi connectivity index (χ3n) is 5.63. The number of ether oxygens (including phenoxy) is 1. The van der Waals surface area contributed by atoms with E-state index in [1.54, 1.807) is 0 Å². The summed E-state index contributed by atoms with van der Waals surface area (Å²) in [5, 5.41) is 0. The van der Waals surface area contributed by atoms with E-state index in [1.807, 2.05) is 0 Å². The number of benzene rings is 1. The Labute approximate surface area is 179 Å². The molecule has 0 radical (unpaired) electrons. The summed E-state index contributed by atoms with van der Waals surface area (Å²) in [4.78, 5) is 0. The molecule has 0 saturated heterocycles. The van der Waals surface area contributed by atoms with Gasteiger partial charge in [0.2, 0.25) is 0 Å². The zero-order valence-corrected chi connectivity index (χ0v) is 19.0. The quantitative estimate of drug-likeness (QED) is 0.204. The topological polar surface area (TPSA) is 18.0 Å². The molecule has 0 aliphatic heterocycles. The second kappa shape index (κ2) is 15.3. The van der Waals surface area contributed by atoms with Gasteiger partial charge in [0.25, 0.3) is 5.82 Å². The lowest BCUT2D eigenvalue weighted by atomic mass is 10.1.